The lowest BCUT2D eigenvalue weighted by Gasteiger charge is -2.22. The van der Waals surface area contributed by atoms with Crippen molar-refractivity contribution in [1.82, 2.24) is 0 Å². The summed E-state index contributed by atoms with van der Waals surface area (Å²) in [6.45, 7) is 7.31. The summed E-state index contributed by atoms with van der Waals surface area (Å²) in [5, 5.41) is 2.33. The van der Waals surface area contributed by atoms with Gasteiger partial charge in [0.05, 0.1) is 33.0 Å². The fourth-order valence-corrected chi connectivity index (χ4v) is 2.59. The maximum Gasteiger partial charge on any atom is 0.169 e. The van der Waals surface area contributed by atoms with Crippen molar-refractivity contribution in [2.24, 2.45) is 0 Å². The average Bonchev–Trinajstić information content (AvgIpc) is 2.52. The number of benzene rings is 1. The third-order valence-electron chi connectivity index (χ3n) is 3.75. The zero-order valence-electron chi connectivity index (χ0n) is 12.5. The highest BCUT2D eigenvalue weighted by molar-refractivity contribution is 5.46. The van der Waals surface area contributed by atoms with Crippen molar-refractivity contribution < 1.29 is 24.4 Å². The molecule has 2 rings (SSSR count). The molecule has 5 heteroatoms. The lowest BCUT2D eigenvalue weighted by molar-refractivity contribution is -0.920. The van der Waals surface area contributed by atoms with Gasteiger partial charge in [-0.15, -0.1) is 0 Å². The Hall–Kier alpha value is -1.30. The lowest BCUT2D eigenvalue weighted by Crippen LogP contribution is -3.16. The van der Waals surface area contributed by atoms with Gasteiger partial charge in [0.2, 0.25) is 0 Å². The minimum atomic E-state index is 0.803. The number of nitrogens with one attached hydrogen (secondary N) is 1. The monoisotopic (exact) mass is 282 g/mol. The van der Waals surface area contributed by atoms with E-state index in [1.54, 1.807) is 19.1 Å². The largest absolute Gasteiger partial charge is 0.493 e. The van der Waals surface area contributed by atoms with Gasteiger partial charge in [-0.2, -0.15) is 0 Å². The van der Waals surface area contributed by atoms with Crippen LogP contribution in [0.15, 0.2) is 18.2 Å². The molecule has 20 heavy (non-hydrogen) atoms. The highest BCUT2D eigenvalue weighted by Gasteiger charge is 2.14. The fraction of sp³-hybridized carbons (Fsp3) is 0.600. The Kier molecular flexibility index (Phi) is 6.11. The number of methoxy groups -OCH3 is 2. The summed E-state index contributed by atoms with van der Waals surface area (Å²) < 4.78 is 16.1. The van der Waals surface area contributed by atoms with Crippen LogP contribution >= 0.6 is 0 Å². The minimum Gasteiger partial charge on any atom is -0.493 e. The number of hydrogen-bond acceptors (Lipinski definition) is 3. The molecule has 1 saturated heterocycles. The zero-order chi connectivity index (χ0) is 14.2. The fourth-order valence-electron chi connectivity index (χ4n) is 2.59. The maximum atomic E-state index is 5.45. The number of rotatable bonds is 7. The molecule has 1 fully saturated rings. The molecule has 112 valence electrons. The molecule has 0 bridgehead atoms. The van der Waals surface area contributed by atoms with Crippen molar-refractivity contribution in [2.45, 2.75) is 6.54 Å². The van der Waals surface area contributed by atoms with Crippen molar-refractivity contribution in [1.29, 1.82) is 0 Å². The molecule has 0 radical (unpaired) electrons. The van der Waals surface area contributed by atoms with Crippen molar-refractivity contribution >= 4 is 0 Å². The molecule has 1 aromatic carbocycles. The van der Waals surface area contributed by atoms with Crippen LogP contribution in [0.3, 0.4) is 0 Å². The second kappa shape index (κ2) is 8.09. The van der Waals surface area contributed by atoms with Gasteiger partial charge in [0, 0.05) is 0 Å². The average molecular weight is 282 g/mol. The molecule has 0 aromatic heterocycles. The topological polar surface area (TPSA) is 48.7 Å². The van der Waals surface area contributed by atoms with Crippen LogP contribution in [-0.4, -0.2) is 53.6 Å². The van der Waals surface area contributed by atoms with Crippen LogP contribution in [-0.2, 0) is 11.3 Å². The Morgan fingerprint density at radius 2 is 2.00 bits per heavy atom. The van der Waals surface area contributed by atoms with Gasteiger partial charge in [-0.05, 0) is 12.1 Å². The molecule has 0 amide bonds. The summed E-state index contributed by atoms with van der Waals surface area (Å²) in [7, 11) is 3.37. The van der Waals surface area contributed by atoms with E-state index in [9.17, 15) is 0 Å². The van der Waals surface area contributed by atoms with Gasteiger partial charge < -0.3 is 24.4 Å². The molecule has 0 atom stereocenters. The quantitative estimate of drug-likeness (QED) is 0.610. The van der Waals surface area contributed by atoms with E-state index >= 15 is 0 Å². The van der Waals surface area contributed by atoms with Crippen LogP contribution in [0.4, 0.5) is 0 Å². The number of nitrogens with two attached hydrogens (primary N) is 1. The molecule has 1 aliphatic rings. The van der Waals surface area contributed by atoms with Crippen molar-refractivity contribution in [3.8, 4) is 11.5 Å². The van der Waals surface area contributed by atoms with E-state index in [1.807, 2.05) is 12.1 Å². The Morgan fingerprint density at radius 1 is 1.20 bits per heavy atom. The van der Waals surface area contributed by atoms with Crippen LogP contribution in [0.1, 0.15) is 5.56 Å². The molecule has 1 aromatic rings. The summed E-state index contributed by atoms with van der Waals surface area (Å²) >= 11 is 0. The molecule has 0 unspecified atom stereocenters. The molecule has 0 spiro atoms. The number of quaternary nitrogens is 2. The summed E-state index contributed by atoms with van der Waals surface area (Å²) in [4.78, 5) is 1.64. The standard InChI is InChI=1S/C15H24N2O3/c1-18-14-5-3-4-13(15(14)19-2)12-16-6-7-17-8-10-20-11-9-17/h3-5,16H,6-12H2,1-2H3/p+2. The van der Waals surface area contributed by atoms with E-state index in [0.717, 1.165) is 50.9 Å². The molecular weight excluding hydrogens is 256 g/mol. The van der Waals surface area contributed by atoms with Gasteiger partial charge in [0.1, 0.15) is 32.7 Å². The van der Waals surface area contributed by atoms with Crippen LogP contribution in [0.5, 0.6) is 11.5 Å². The van der Waals surface area contributed by atoms with E-state index in [4.69, 9.17) is 14.2 Å². The molecule has 3 N–H and O–H groups in total. The minimum absolute atomic E-state index is 0.803. The number of hydrogen-bond donors (Lipinski definition) is 2. The van der Waals surface area contributed by atoms with Crippen LogP contribution in [0.25, 0.3) is 0 Å². The predicted octanol–water partition coefficient (Wildman–Crippen LogP) is -1.32. The van der Waals surface area contributed by atoms with E-state index in [1.165, 1.54) is 12.1 Å². The zero-order valence-corrected chi connectivity index (χ0v) is 12.5. The molecule has 1 heterocycles. The van der Waals surface area contributed by atoms with Crippen molar-refractivity contribution in [3.63, 3.8) is 0 Å². The Morgan fingerprint density at radius 3 is 2.70 bits per heavy atom. The maximum absolute atomic E-state index is 5.45. The van der Waals surface area contributed by atoms with Gasteiger partial charge in [-0.3, -0.25) is 0 Å². The first-order valence-electron chi connectivity index (χ1n) is 7.28. The van der Waals surface area contributed by atoms with Gasteiger partial charge in [-0.25, -0.2) is 0 Å². The second-order valence-electron chi connectivity index (χ2n) is 5.05. The first-order valence-corrected chi connectivity index (χ1v) is 7.28. The molecular formula is C15H26N2O3+2. The summed E-state index contributed by atoms with van der Waals surface area (Å²) in [6, 6.07) is 6.04. The van der Waals surface area contributed by atoms with Crippen LogP contribution in [0, 0.1) is 0 Å². The van der Waals surface area contributed by atoms with Crippen molar-refractivity contribution in [2.75, 3.05) is 53.6 Å². The summed E-state index contributed by atoms with van der Waals surface area (Å²) in [5.41, 5.74) is 1.18. The third-order valence-corrected chi connectivity index (χ3v) is 3.75. The molecule has 0 saturated carbocycles. The number of morpholine rings is 1. The van der Waals surface area contributed by atoms with Crippen molar-refractivity contribution in [3.05, 3.63) is 23.8 Å². The second-order valence-corrected chi connectivity index (χ2v) is 5.05. The normalized spacial score (nSPS) is 16.1. The Labute approximate surface area is 120 Å². The summed E-state index contributed by atoms with van der Waals surface area (Å²) in [5.74, 6) is 1.65. The Balaban J connectivity index is 1.78. The first kappa shape index (κ1) is 15.1. The molecule has 1 aliphatic heterocycles. The highest BCUT2D eigenvalue weighted by atomic mass is 16.5. The van der Waals surface area contributed by atoms with E-state index < -0.39 is 0 Å². The third kappa shape index (κ3) is 4.10. The smallest absolute Gasteiger partial charge is 0.169 e. The van der Waals surface area contributed by atoms with Crippen LogP contribution in [0.2, 0.25) is 0 Å². The number of ether oxygens (including phenoxy) is 3. The predicted molar refractivity (Wildman–Crippen MR) is 76.4 cm³/mol. The van der Waals surface area contributed by atoms with E-state index in [0.29, 0.717) is 0 Å². The van der Waals surface area contributed by atoms with Gasteiger partial charge >= 0.3 is 0 Å². The van der Waals surface area contributed by atoms with Gasteiger partial charge in [0.25, 0.3) is 0 Å². The number of para-hydroxylation sites is 1. The molecule has 0 aliphatic carbocycles. The first-order chi connectivity index (χ1) is 9.85. The van der Waals surface area contributed by atoms with Gasteiger partial charge in [-0.1, -0.05) is 6.07 Å². The Bertz CT molecular complexity index is 406. The van der Waals surface area contributed by atoms with E-state index in [2.05, 4.69) is 11.4 Å². The van der Waals surface area contributed by atoms with E-state index in [-0.39, 0.29) is 0 Å². The van der Waals surface area contributed by atoms with Crippen LogP contribution < -0.4 is 19.7 Å². The summed E-state index contributed by atoms with van der Waals surface area (Å²) in [6.07, 6.45) is 0. The van der Waals surface area contributed by atoms with Gasteiger partial charge in [0.15, 0.2) is 11.5 Å². The molecule has 5 nitrogen and oxygen atoms in total. The SMILES string of the molecule is COc1cccc(C[NH2+]CC[NH+]2CCOCC2)c1OC. The highest BCUT2D eigenvalue weighted by Crippen LogP contribution is 2.29. The lowest BCUT2D eigenvalue weighted by atomic mass is 10.2.